The molecule has 0 rings (SSSR count). The van der Waals surface area contributed by atoms with Gasteiger partial charge in [0, 0.05) is 26.9 Å². The maximum Gasteiger partial charge on any atom is 0.0700 e. The number of hydrogen-bond acceptors (Lipinski definition) is 3. The summed E-state index contributed by atoms with van der Waals surface area (Å²) in [5.74, 6) is 0. The molecule has 0 radical (unpaired) electrons. The molecule has 3 nitrogen and oxygen atoms in total. The van der Waals surface area contributed by atoms with Gasteiger partial charge in [-0.1, -0.05) is 51.9 Å². The lowest BCUT2D eigenvalue weighted by Gasteiger charge is -2.05. The molecule has 0 aromatic carbocycles. The van der Waals surface area contributed by atoms with E-state index in [1.54, 1.807) is 7.11 Å². The molecule has 0 aromatic heterocycles. The molecule has 19 heavy (non-hydrogen) atoms. The van der Waals surface area contributed by atoms with E-state index in [4.69, 9.17) is 14.2 Å². The highest BCUT2D eigenvalue weighted by Crippen LogP contribution is 2.08. The molecule has 0 spiro atoms. The van der Waals surface area contributed by atoms with Crippen molar-refractivity contribution in [2.45, 2.75) is 64.7 Å². The molecule has 0 aliphatic carbocycles. The normalized spacial score (nSPS) is 11.1. The van der Waals surface area contributed by atoms with Crippen LogP contribution >= 0.6 is 0 Å². The zero-order valence-corrected chi connectivity index (χ0v) is 13.1. The highest BCUT2D eigenvalue weighted by atomic mass is 16.5. The van der Waals surface area contributed by atoms with Crippen molar-refractivity contribution < 1.29 is 14.2 Å². The molecule has 116 valence electrons. The fourth-order valence-corrected chi connectivity index (χ4v) is 1.95. The van der Waals surface area contributed by atoms with Crippen molar-refractivity contribution in [3.63, 3.8) is 0 Å². The molecular weight excluding hydrogens is 240 g/mol. The summed E-state index contributed by atoms with van der Waals surface area (Å²) >= 11 is 0. The Morgan fingerprint density at radius 1 is 0.526 bits per heavy atom. The van der Waals surface area contributed by atoms with Crippen LogP contribution in [-0.4, -0.2) is 40.1 Å². The number of unbranched alkanes of at least 4 members (excludes halogenated alkanes) is 7. The highest BCUT2D eigenvalue weighted by Gasteiger charge is 1.93. The summed E-state index contributed by atoms with van der Waals surface area (Å²) in [6.45, 7) is 6.14. The lowest BCUT2D eigenvalue weighted by molar-refractivity contribution is 0.0508. The first kappa shape index (κ1) is 18.9. The fraction of sp³-hybridized carbons (Fsp3) is 1.00. The SMILES string of the molecule is CCCCCCCCCCOCCCOCCOC. The summed E-state index contributed by atoms with van der Waals surface area (Å²) in [5, 5.41) is 0. The van der Waals surface area contributed by atoms with Gasteiger partial charge in [0.15, 0.2) is 0 Å². The van der Waals surface area contributed by atoms with Crippen LogP contribution in [0.1, 0.15) is 64.7 Å². The van der Waals surface area contributed by atoms with Crippen molar-refractivity contribution in [2.24, 2.45) is 0 Å². The maximum absolute atomic E-state index is 5.57. The first-order valence-corrected chi connectivity index (χ1v) is 8.06. The third-order valence-corrected chi connectivity index (χ3v) is 3.15. The lowest BCUT2D eigenvalue weighted by Crippen LogP contribution is -2.06. The maximum atomic E-state index is 5.57. The van der Waals surface area contributed by atoms with Gasteiger partial charge in [-0.25, -0.2) is 0 Å². The molecule has 0 aliphatic heterocycles. The molecular formula is C16H34O3. The third kappa shape index (κ3) is 17.9. The molecule has 0 bridgehead atoms. The summed E-state index contributed by atoms with van der Waals surface area (Å²) < 4.78 is 15.8. The average molecular weight is 274 g/mol. The minimum Gasteiger partial charge on any atom is -0.382 e. The van der Waals surface area contributed by atoms with Crippen LogP contribution in [0.15, 0.2) is 0 Å². The van der Waals surface area contributed by atoms with Crippen molar-refractivity contribution in [3.05, 3.63) is 0 Å². The van der Waals surface area contributed by atoms with E-state index in [1.807, 2.05) is 0 Å². The largest absolute Gasteiger partial charge is 0.382 e. The van der Waals surface area contributed by atoms with E-state index >= 15 is 0 Å². The zero-order chi connectivity index (χ0) is 14.0. The van der Waals surface area contributed by atoms with Crippen LogP contribution in [0.2, 0.25) is 0 Å². The Balaban J connectivity index is 2.88. The summed E-state index contributed by atoms with van der Waals surface area (Å²) in [4.78, 5) is 0. The minimum absolute atomic E-state index is 0.680. The van der Waals surface area contributed by atoms with E-state index in [1.165, 1.54) is 51.4 Å². The van der Waals surface area contributed by atoms with Gasteiger partial charge in [-0.3, -0.25) is 0 Å². The Morgan fingerprint density at radius 2 is 1.05 bits per heavy atom. The van der Waals surface area contributed by atoms with E-state index in [0.717, 1.165) is 26.2 Å². The van der Waals surface area contributed by atoms with Crippen LogP contribution < -0.4 is 0 Å². The predicted molar refractivity (Wildman–Crippen MR) is 80.7 cm³/mol. The van der Waals surface area contributed by atoms with Gasteiger partial charge in [0.1, 0.15) is 0 Å². The van der Waals surface area contributed by atoms with E-state index in [2.05, 4.69) is 6.92 Å². The summed E-state index contributed by atoms with van der Waals surface area (Å²) in [6, 6.07) is 0. The van der Waals surface area contributed by atoms with Crippen LogP contribution in [0.3, 0.4) is 0 Å². The monoisotopic (exact) mass is 274 g/mol. The van der Waals surface area contributed by atoms with E-state index in [-0.39, 0.29) is 0 Å². The lowest BCUT2D eigenvalue weighted by atomic mass is 10.1. The number of hydrogen-bond donors (Lipinski definition) is 0. The number of ether oxygens (including phenoxy) is 3. The van der Waals surface area contributed by atoms with Crippen molar-refractivity contribution in [2.75, 3.05) is 40.1 Å². The van der Waals surface area contributed by atoms with Gasteiger partial charge < -0.3 is 14.2 Å². The molecule has 0 N–H and O–H groups in total. The molecule has 0 aromatic rings. The van der Waals surface area contributed by atoms with Gasteiger partial charge >= 0.3 is 0 Å². The first-order chi connectivity index (χ1) is 9.41. The average Bonchev–Trinajstić information content (AvgIpc) is 2.43. The van der Waals surface area contributed by atoms with E-state index in [9.17, 15) is 0 Å². The summed E-state index contributed by atoms with van der Waals surface area (Å²) in [6.07, 6.45) is 11.8. The quantitative estimate of drug-likeness (QED) is 0.395. The minimum atomic E-state index is 0.680. The number of methoxy groups -OCH3 is 1. The van der Waals surface area contributed by atoms with E-state index in [0.29, 0.717) is 13.2 Å². The van der Waals surface area contributed by atoms with Crippen molar-refractivity contribution >= 4 is 0 Å². The van der Waals surface area contributed by atoms with Gasteiger partial charge in [0.25, 0.3) is 0 Å². The predicted octanol–water partition coefficient (Wildman–Crippen LogP) is 4.20. The molecule has 0 unspecified atom stereocenters. The van der Waals surface area contributed by atoms with Crippen LogP contribution in [0.25, 0.3) is 0 Å². The summed E-state index contributed by atoms with van der Waals surface area (Å²) in [5.41, 5.74) is 0. The van der Waals surface area contributed by atoms with Crippen molar-refractivity contribution in [1.29, 1.82) is 0 Å². The Bertz CT molecular complexity index is 135. The van der Waals surface area contributed by atoms with Crippen LogP contribution in [0, 0.1) is 0 Å². The third-order valence-electron chi connectivity index (χ3n) is 3.15. The number of rotatable bonds is 16. The Kier molecular flexibility index (Phi) is 17.8. The Hall–Kier alpha value is -0.120. The molecule has 0 atom stereocenters. The Labute approximate surface area is 120 Å². The van der Waals surface area contributed by atoms with Crippen molar-refractivity contribution in [3.8, 4) is 0 Å². The van der Waals surface area contributed by atoms with Gasteiger partial charge in [0.2, 0.25) is 0 Å². The summed E-state index contributed by atoms with van der Waals surface area (Å²) in [7, 11) is 1.69. The van der Waals surface area contributed by atoms with Crippen LogP contribution in [0.5, 0.6) is 0 Å². The topological polar surface area (TPSA) is 27.7 Å². The van der Waals surface area contributed by atoms with Gasteiger partial charge in [-0.05, 0) is 12.8 Å². The Morgan fingerprint density at radius 3 is 1.68 bits per heavy atom. The van der Waals surface area contributed by atoms with Crippen LogP contribution in [0.4, 0.5) is 0 Å². The molecule has 0 amide bonds. The molecule has 0 fully saturated rings. The molecule has 0 saturated carbocycles. The molecule has 0 heterocycles. The fourth-order valence-electron chi connectivity index (χ4n) is 1.95. The standard InChI is InChI=1S/C16H34O3/c1-3-4-5-6-7-8-9-10-12-18-13-11-14-19-16-15-17-2/h3-16H2,1-2H3. The first-order valence-electron chi connectivity index (χ1n) is 8.06. The highest BCUT2D eigenvalue weighted by molar-refractivity contribution is 4.46. The molecule has 3 heteroatoms. The second kappa shape index (κ2) is 17.9. The zero-order valence-electron chi connectivity index (χ0n) is 13.1. The molecule has 0 saturated heterocycles. The molecule has 0 aliphatic rings. The smallest absolute Gasteiger partial charge is 0.0700 e. The van der Waals surface area contributed by atoms with Crippen molar-refractivity contribution in [1.82, 2.24) is 0 Å². The van der Waals surface area contributed by atoms with Gasteiger partial charge in [-0.15, -0.1) is 0 Å². The van der Waals surface area contributed by atoms with Crippen LogP contribution in [-0.2, 0) is 14.2 Å². The second-order valence-corrected chi connectivity index (χ2v) is 5.05. The second-order valence-electron chi connectivity index (χ2n) is 5.05. The van der Waals surface area contributed by atoms with Gasteiger partial charge in [-0.2, -0.15) is 0 Å². The van der Waals surface area contributed by atoms with E-state index < -0.39 is 0 Å². The van der Waals surface area contributed by atoms with Gasteiger partial charge in [0.05, 0.1) is 13.2 Å².